The molecule has 1 fully saturated rings. The second-order valence-electron chi connectivity index (χ2n) is 4.90. The number of nitrogens with zero attached hydrogens (tertiary/aromatic N) is 1. The molecule has 0 atom stereocenters. The molecule has 1 aromatic rings. The van der Waals surface area contributed by atoms with Crippen molar-refractivity contribution in [3.63, 3.8) is 0 Å². The van der Waals surface area contributed by atoms with Crippen LogP contribution in [0.25, 0.3) is 0 Å². The lowest BCUT2D eigenvalue weighted by Crippen LogP contribution is -2.43. The highest BCUT2D eigenvalue weighted by Crippen LogP contribution is 2.40. The molecule has 98 valence electrons. The highest BCUT2D eigenvalue weighted by atomic mass is 35.5. The molecule has 1 N–H and O–H groups in total. The number of halogens is 2. The van der Waals surface area contributed by atoms with Crippen LogP contribution in [0.2, 0.25) is 10.0 Å². The Morgan fingerprint density at radius 2 is 1.83 bits per heavy atom. The van der Waals surface area contributed by atoms with E-state index in [1.807, 2.05) is 12.1 Å². The van der Waals surface area contributed by atoms with E-state index >= 15 is 0 Å². The Kier molecular flexibility index (Phi) is 3.94. The molecule has 0 amide bonds. The molecule has 2 nitrogen and oxygen atoms in total. The summed E-state index contributed by atoms with van der Waals surface area (Å²) in [5, 5.41) is 1.29. The Balaban J connectivity index is 1.92. The fourth-order valence-electron chi connectivity index (χ4n) is 2.81. The summed E-state index contributed by atoms with van der Waals surface area (Å²) in [7, 11) is 0. The van der Waals surface area contributed by atoms with E-state index in [-0.39, 0.29) is 0 Å². The summed E-state index contributed by atoms with van der Waals surface area (Å²) in [4.78, 5) is 3.63. The summed E-state index contributed by atoms with van der Waals surface area (Å²) in [5.74, 6) is 0. The molecule has 1 aliphatic carbocycles. The van der Waals surface area contributed by atoms with Crippen molar-refractivity contribution in [3.05, 3.63) is 22.2 Å². The van der Waals surface area contributed by atoms with Crippen LogP contribution in [0.3, 0.4) is 0 Å². The first kappa shape index (κ1) is 12.9. The molecule has 0 unspecified atom stereocenters. The lowest BCUT2D eigenvalue weighted by molar-refractivity contribution is 0.411. The minimum atomic E-state index is 0.634. The monoisotopic (exact) mass is 302 g/mol. The number of benzene rings is 1. The van der Waals surface area contributed by atoms with Gasteiger partial charge in [0.25, 0.3) is 0 Å². The van der Waals surface area contributed by atoms with E-state index < -0.39 is 0 Å². The molecule has 0 bridgehead atoms. The smallest absolute Gasteiger partial charge is 0.0781 e. The van der Waals surface area contributed by atoms with Crippen LogP contribution in [0.4, 0.5) is 5.69 Å². The van der Waals surface area contributed by atoms with Gasteiger partial charge >= 0.3 is 0 Å². The molecule has 1 aromatic carbocycles. The predicted molar refractivity (Wildman–Crippen MR) is 79.7 cm³/mol. The van der Waals surface area contributed by atoms with Crippen molar-refractivity contribution in [2.75, 3.05) is 11.6 Å². The summed E-state index contributed by atoms with van der Waals surface area (Å²) in [6.45, 7) is 0.889. The average Bonchev–Trinajstić information content (AvgIpc) is 2.40. The van der Waals surface area contributed by atoms with Gasteiger partial charge in [-0.05, 0) is 36.9 Å². The normalized spacial score (nSPS) is 20.9. The molecule has 3 rings (SSSR count). The fraction of sp³-hybridized carbons (Fsp3) is 0.538. The number of hydrogen-bond acceptors (Lipinski definition) is 3. The molecule has 0 spiro atoms. The zero-order valence-corrected chi connectivity index (χ0v) is 12.4. The van der Waals surface area contributed by atoms with Crippen molar-refractivity contribution in [2.24, 2.45) is 0 Å². The minimum absolute atomic E-state index is 0.634. The van der Waals surface area contributed by atoms with Gasteiger partial charge in [0.05, 0.1) is 22.4 Å². The van der Waals surface area contributed by atoms with Gasteiger partial charge < -0.3 is 4.90 Å². The van der Waals surface area contributed by atoms with E-state index in [1.165, 1.54) is 42.7 Å². The topological polar surface area (TPSA) is 15.3 Å². The van der Waals surface area contributed by atoms with Gasteiger partial charge in [-0.15, -0.1) is 0 Å². The molecule has 0 saturated heterocycles. The van der Waals surface area contributed by atoms with E-state index in [0.29, 0.717) is 16.1 Å². The second kappa shape index (κ2) is 5.49. The van der Waals surface area contributed by atoms with Crippen molar-refractivity contribution >= 4 is 40.8 Å². The summed E-state index contributed by atoms with van der Waals surface area (Å²) in [5.41, 5.74) is 1.24. The SMILES string of the molecule is Clc1cc2c(cc1Cl)N(C1CCCCC1)CNS2. The number of hydrogen-bond donors (Lipinski definition) is 1. The Hall–Kier alpha value is -0.0900. The third kappa shape index (κ3) is 2.46. The number of rotatable bonds is 1. The van der Waals surface area contributed by atoms with Crippen LogP contribution in [0, 0.1) is 0 Å². The fourth-order valence-corrected chi connectivity index (χ4v) is 4.01. The zero-order chi connectivity index (χ0) is 12.5. The van der Waals surface area contributed by atoms with Gasteiger partial charge in [0.15, 0.2) is 0 Å². The molecule has 0 aromatic heterocycles. The largest absolute Gasteiger partial charge is 0.354 e. The van der Waals surface area contributed by atoms with Crippen LogP contribution in [0.15, 0.2) is 17.0 Å². The van der Waals surface area contributed by atoms with Crippen LogP contribution < -0.4 is 9.62 Å². The highest BCUT2D eigenvalue weighted by molar-refractivity contribution is 7.97. The van der Waals surface area contributed by atoms with Gasteiger partial charge in [-0.2, -0.15) is 0 Å². The van der Waals surface area contributed by atoms with Gasteiger partial charge in [0, 0.05) is 10.9 Å². The van der Waals surface area contributed by atoms with Crippen LogP contribution in [0.5, 0.6) is 0 Å². The quantitative estimate of drug-likeness (QED) is 0.757. The van der Waals surface area contributed by atoms with Crippen LogP contribution in [-0.2, 0) is 0 Å². The minimum Gasteiger partial charge on any atom is -0.354 e. The first-order valence-electron chi connectivity index (χ1n) is 6.41. The maximum atomic E-state index is 6.16. The Bertz CT molecular complexity index is 447. The third-order valence-electron chi connectivity index (χ3n) is 3.74. The molecular formula is C13H16Cl2N2S. The van der Waals surface area contributed by atoms with Gasteiger partial charge in [-0.25, -0.2) is 4.72 Å². The molecule has 1 aliphatic heterocycles. The lowest BCUT2D eigenvalue weighted by atomic mass is 9.94. The predicted octanol–water partition coefficient (Wildman–Crippen LogP) is 4.70. The van der Waals surface area contributed by atoms with E-state index in [9.17, 15) is 0 Å². The van der Waals surface area contributed by atoms with E-state index in [2.05, 4.69) is 9.62 Å². The Morgan fingerprint density at radius 1 is 1.11 bits per heavy atom. The van der Waals surface area contributed by atoms with Gasteiger partial charge in [-0.3, -0.25) is 0 Å². The molecule has 1 heterocycles. The summed E-state index contributed by atoms with van der Waals surface area (Å²) < 4.78 is 3.38. The lowest BCUT2D eigenvalue weighted by Gasteiger charge is -2.39. The van der Waals surface area contributed by atoms with Crippen molar-refractivity contribution in [1.29, 1.82) is 0 Å². The van der Waals surface area contributed by atoms with Gasteiger partial charge in [0.1, 0.15) is 0 Å². The molecule has 0 radical (unpaired) electrons. The Labute approximate surface area is 122 Å². The van der Waals surface area contributed by atoms with Crippen LogP contribution in [-0.4, -0.2) is 12.7 Å². The average molecular weight is 303 g/mol. The zero-order valence-electron chi connectivity index (χ0n) is 10.1. The Morgan fingerprint density at radius 3 is 2.61 bits per heavy atom. The van der Waals surface area contributed by atoms with Crippen LogP contribution in [0.1, 0.15) is 32.1 Å². The molecular weight excluding hydrogens is 287 g/mol. The van der Waals surface area contributed by atoms with E-state index in [4.69, 9.17) is 23.2 Å². The van der Waals surface area contributed by atoms with Gasteiger partial charge in [-0.1, -0.05) is 42.5 Å². The third-order valence-corrected chi connectivity index (χ3v) is 5.29. The highest BCUT2D eigenvalue weighted by Gasteiger charge is 2.26. The van der Waals surface area contributed by atoms with Crippen LogP contribution >= 0.6 is 35.1 Å². The number of nitrogens with one attached hydrogen (secondary N) is 1. The summed E-state index contributed by atoms with van der Waals surface area (Å²) in [6.07, 6.45) is 6.62. The van der Waals surface area contributed by atoms with E-state index in [1.54, 1.807) is 11.9 Å². The van der Waals surface area contributed by atoms with Crippen molar-refractivity contribution < 1.29 is 0 Å². The molecule has 5 heteroatoms. The van der Waals surface area contributed by atoms with Gasteiger partial charge in [0.2, 0.25) is 0 Å². The molecule has 1 saturated carbocycles. The maximum absolute atomic E-state index is 6.16. The maximum Gasteiger partial charge on any atom is 0.0781 e. The molecule has 18 heavy (non-hydrogen) atoms. The summed E-state index contributed by atoms with van der Waals surface area (Å²) in [6, 6.07) is 4.62. The van der Waals surface area contributed by atoms with Crippen molar-refractivity contribution in [3.8, 4) is 0 Å². The first-order chi connectivity index (χ1) is 8.75. The standard InChI is InChI=1S/C13H16Cl2N2S/c14-10-6-12-13(7-11(10)15)18-16-8-17(12)9-4-2-1-3-5-9/h6-7,9,16H,1-5,8H2. The van der Waals surface area contributed by atoms with E-state index in [0.717, 1.165) is 6.67 Å². The van der Waals surface area contributed by atoms with Crippen molar-refractivity contribution in [1.82, 2.24) is 4.72 Å². The first-order valence-corrected chi connectivity index (χ1v) is 7.98. The number of fused-ring (bicyclic) bond motifs is 1. The molecule has 2 aliphatic rings. The van der Waals surface area contributed by atoms with Crippen molar-refractivity contribution in [2.45, 2.75) is 43.0 Å². The summed E-state index contributed by atoms with van der Waals surface area (Å²) >= 11 is 13.9. The number of anilines is 1. The second-order valence-corrected chi connectivity index (χ2v) is 6.65.